The Hall–Kier alpha value is -2.86. The summed E-state index contributed by atoms with van der Waals surface area (Å²) in [5.74, 6) is 1.53. The molecule has 3 aromatic rings. The highest BCUT2D eigenvalue weighted by Gasteiger charge is 2.10. The minimum Gasteiger partial charge on any atom is -0.486 e. The van der Waals surface area contributed by atoms with Gasteiger partial charge < -0.3 is 9.47 Å². The van der Waals surface area contributed by atoms with Gasteiger partial charge in [-0.2, -0.15) is 5.10 Å². The first-order valence-electron chi connectivity index (χ1n) is 7.58. The number of nitrogens with one attached hydrogen (secondary N) is 1. The Morgan fingerprint density at radius 1 is 1.04 bits per heavy atom. The van der Waals surface area contributed by atoms with E-state index in [9.17, 15) is 0 Å². The quantitative estimate of drug-likeness (QED) is 0.577. The molecule has 4 rings (SSSR count). The fraction of sp³-hybridized carbons (Fsp3) is 0.111. The fourth-order valence-corrected chi connectivity index (χ4v) is 3.04. The first-order valence-corrected chi connectivity index (χ1v) is 8.46. The minimum atomic E-state index is 0.577. The Morgan fingerprint density at radius 3 is 2.75 bits per heavy atom. The van der Waals surface area contributed by atoms with Crippen molar-refractivity contribution < 1.29 is 9.47 Å². The number of nitrogens with zero attached hydrogens (tertiary/aromatic N) is 2. The predicted octanol–water partition coefficient (Wildman–Crippen LogP) is 4.03. The van der Waals surface area contributed by atoms with Gasteiger partial charge in [-0.05, 0) is 23.8 Å². The number of benzene rings is 2. The molecule has 0 amide bonds. The molecule has 0 fully saturated rings. The van der Waals surface area contributed by atoms with Gasteiger partial charge in [0, 0.05) is 10.9 Å². The average Bonchev–Trinajstić information content (AvgIpc) is 3.11. The molecular formula is C18H15N3O2S. The maximum Gasteiger partial charge on any atom is 0.203 e. The van der Waals surface area contributed by atoms with Crippen molar-refractivity contribution in [2.24, 2.45) is 5.10 Å². The van der Waals surface area contributed by atoms with E-state index >= 15 is 0 Å². The van der Waals surface area contributed by atoms with Gasteiger partial charge >= 0.3 is 0 Å². The van der Waals surface area contributed by atoms with Crippen LogP contribution in [0.15, 0.2) is 59.0 Å². The number of fused-ring (bicyclic) bond motifs is 1. The molecule has 0 atom stereocenters. The van der Waals surface area contributed by atoms with Crippen molar-refractivity contribution in [1.82, 2.24) is 4.98 Å². The van der Waals surface area contributed by atoms with Crippen molar-refractivity contribution >= 4 is 22.7 Å². The van der Waals surface area contributed by atoms with Crippen molar-refractivity contribution in [2.45, 2.75) is 0 Å². The van der Waals surface area contributed by atoms with Crippen molar-refractivity contribution in [3.05, 3.63) is 59.5 Å². The van der Waals surface area contributed by atoms with Crippen LogP contribution in [-0.2, 0) is 0 Å². The molecule has 6 heteroatoms. The summed E-state index contributed by atoms with van der Waals surface area (Å²) in [6.45, 7) is 1.17. The van der Waals surface area contributed by atoms with E-state index in [1.54, 1.807) is 6.21 Å². The molecule has 0 spiro atoms. The monoisotopic (exact) mass is 337 g/mol. The zero-order valence-electron chi connectivity index (χ0n) is 12.8. The third-order valence-corrected chi connectivity index (χ3v) is 4.26. The topological polar surface area (TPSA) is 55.7 Å². The molecule has 0 saturated carbocycles. The largest absolute Gasteiger partial charge is 0.486 e. The highest BCUT2D eigenvalue weighted by Crippen LogP contribution is 2.30. The number of rotatable bonds is 4. The van der Waals surface area contributed by atoms with E-state index in [2.05, 4.69) is 15.5 Å². The summed E-state index contributed by atoms with van der Waals surface area (Å²) in [5, 5.41) is 7.01. The maximum atomic E-state index is 5.56. The first-order chi connectivity index (χ1) is 11.9. The molecule has 1 aliphatic rings. The van der Waals surface area contributed by atoms with E-state index in [0.29, 0.717) is 13.2 Å². The van der Waals surface area contributed by atoms with Crippen molar-refractivity contribution in [3.8, 4) is 22.8 Å². The average molecular weight is 337 g/mol. The van der Waals surface area contributed by atoms with Crippen LogP contribution in [0.2, 0.25) is 0 Å². The van der Waals surface area contributed by atoms with Gasteiger partial charge in [-0.3, -0.25) is 5.43 Å². The summed E-state index contributed by atoms with van der Waals surface area (Å²) in [6.07, 6.45) is 1.74. The Morgan fingerprint density at radius 2 is 1.88 bits per heavy atom. The molecule has 0 saturated heterocycles. The molecule has 2 aromatic carbocycles. The van der Waals surface area contributed by atoms with E-state index in [1.807, 2.05) is 53.9 Å². The number of thiazole rings is 1. The summed E-state index contributed by atoms with van der Waals surface area (Å²) in [6, 6.07) is 15.8. The highest BCUT2D eigenvalue weighted by molar-refractivity contribution is 7.14. The predicted molar refractivity (Wildman–Crippen MR) is 96.2 cm³/mol. The van der Waals surface area contributed by atoms with Crippen molar-refractivity contribution in [1.29, 1.82) is 0 Å². The Balaban J connectivity index is 1.43. The van der Waals surface area contributed by atoms with Crippen LogP contribution in [0.1, 0.15) is 5.56 Å². The molecule has 1 aliphatic heterocycles. The van der Waals surface area contributed by atoms with Gasteiger partial charge in [-0.15, -0.1) is 11.3 Å². The fourth-order valence-electron chi connectivity index (χ4n) is 2.37. The molecule has 1 aromatic heterocycles. The Labute approximate surface area is 143 Å². The molecule has 0 aliphatic carbocycles. The lowest BCUT2D eigenvalue weighted by molar-refractivity contribution is 0.171. The summed E-state index contributed by atoms with van der Waals surface area (Å²) in [7, 11) is 0. The van der Waals surface area contributed by atoms with Gasteiger partial charge in [-0.25, -0.2) is 4.98 Å². The standard InChI is InChI=1S/C18H15N3O2S/c1-2-4-14(5-3-1)15-12-24-18(20-15)21-19-11-13-6-7-16-17(10-13)23-9-8-22-16/h1-7,10-12H,8-9H2,(H,20,21). The van der Waals surface area contributed by atoms with Gasteiger partial charge in [0.2, 0.25) is 5.13 Å². The third kappa shape index (κ3) is 3.23. The molecule has 120 valence electrons. The highest BCUT2D eigenvalue weighted by atomic mass is 32.1. The summed E-state index contributed by atoms with van der Waals surface area (Å²) >= 11 is 1.52. The number of hydrogen-bond donors (Lipinski definition) is 1. The van der Waals surface area contributed by atoms with Crippen LogP contribution < -0.4 is 14.9 Å². The minimum absolute atomic E-state index is 0.577. The second-order valence-corrected chi connectivity index (χ2v) is 6.04. The normalized spacial score (nSPS) is 13.2. The molecule has 0 radical (unpaired) electrons. The van der Waals surface area contributed by atoms with Crippen LogP contribution in [0.5, 0.6) is 11.5 Å². The third-order valence-electron chi connectivity index (χ3n) is 3.51. The lowest BCUT2D eigenvalue weighted by Gasteiger charge is -2.18. The van der Waals surface area contributed by atoms with Crippen LogP contribution >= 0.6 is 11.3 Å². The number of hydrogen-bond acceptors (Lipinski definition) is 6. The second kappa shape index (κ2) is 6.72. The molecule has 5 nitrogen and oxygen atoms in total. The van der Waals surface area contributed by atoms with E-state index in [4.69, 9.17) is 9.47 Å². The van der Waals surface area contributed by atoms with Crippen LogP contribution in [0.3, 0.4) is 0 Å². The number of aromatic nitrogens is 1. The second-order valence-electron chi connectivity index (χ2n) is 5.18. The van der Waals surface area contributed by atoms with E-state index in [-0.39, 0.29) is 0 Å². The smallest absolute Gasteiger partial charge is 0.203 e. The van der Waals surface area contributed by atoms with Crippen LogP contribution in [0.25, 0.3) is 11.3 Å². The zero-order valence-corrected chi connectivity index (χ0v) is 13.6. The van der Waals surface area contributed by atoms with Gasteiger partial charge in [0.25, 0.3) is 0 Å². The van der Waals surface area contributed by atoms with Crippen molar-refractivity contribution in [2.75, 3.05) is 18.6 Å². The Kier molecular flexibility index (Phi) is 4.12. The molecule has 1 N–H and O–H groups in total. The van der Waals surface area contributed by atoms with E-state index < -0.39 is 0 Å². The number of anilines is 1. The molecule has 24 heavy (non-hydrogen) atoms. The lowest BCUT2D eigenvalue weighted by Crippen LogP contribution is -2.15. The van der Waals surface area contributed by atoms with Gasteiger partial charge in [0.1, 0.15) is 13.2 Å². The van der Waals surface area contributed by atoms with Crippen LogP contribution in [0.4, 0.5) is 5.13 Å². The maximum absolute atomic E-state index is 5.56. The molecule has 2 heterocycles. The lowest BCUT2D eigenvalue weighted by atomic mass is 10.2. The van der Waals surface area contributed by atoms with Gasteiger partial charge in [-0.1, -0.05) is 30.3 Å². The molecule has 0 bridgehead atoms. The summed E-state index contributed by atoms with van der Waals surface area (Å²) < 4.78 is 11.1. The SMILES string of the molecule is C(=NNc1nc(-c2ccccc2)cs1)c1ccc2c(c1)OCCO2. The van der Waals surface area contributed by atoms with Crippen LogP contribution in [0, 0.1) is 0 Å². The van der Waals surface area contributed by atoms with E-state index in [1.165, 1.54) is 11.3 Å². The summed E-state index contributed by atoms with van der Waals surface area (Å²) in [5.41, 5.74) is 5.94. The first kappa shape index (κ1) is 14.7. The summed E-state index contributed by atoms with van der Waals surface area (Å²) in [4.78, 5) is 4.53. The number of ether oxygens (including phenoxy) is 2. The van der Waals surface area contributed by atoms with E-state index in [0.717, 1.165) is 33.5 Å². The molecule has 0 unspecified atom stereocenters. The van der Waals surface area contributed by atoms with Gasteiger partial charge in [0.15, 0.2) is 11.5 Å². The molecular weight excluding hydrogens is 322 g/mol. The Bertz CT molecular complexity index is 862. The zero-order chi connectivity index (χ0) is 16.2. The van der Waals surface area contributed by atoms with Crippen molar-refractivity contribution in [3.63, 3.8) is 0 Å². The number of hydrazone groups is 1. The van der Waals surface area contributed by atoms with Gasteiger partial charge in [0.05, 0.1) is 11.9 Å². The van der Waals surface area contributed by atoms with Crippen LogP contribution in [-0.4, -0.2) is 24.4 Å².